The van der Waals surface area contributed by atoms with Crippen LogP contribution in [0.25, 0.3) is 11.2 Å². The first kappa shape index (κ1) is 25.8. The molecule has 0 aliphatic heterocycles. The second-order valence-electron chi connectivity index (χ2n) is 8.84. The van der Waals surface area contributed by atoms with Crippen LogP contribution in [-0.2, 0) is 31.5 Å². The highest BCUT2D eigenvalue weighted by atomic mass is 31.2. The number of hydrogen-bond donors (Lipinski definition) is 2. The van der Waals surface area contributed by atoms with Gasteiger partial charge in [-0.25, -0.2) is 20.0 Å². The molecule has 3 rings (SSSR count). The van der Waals surface area contributed by atoms with Crippen LogP contribution in [0.4, 0.5) is 5.82 Å². The Morgan fingerprint density at radius 2 is 1.97 bits per heavy atom. The third kappa shape index (κ3) is 6.62. The van der Waals surface area contributed by atoms with Crippen LogP contribution in [0.1, 0.15) is 39.7 Å². The third-order valence-electron chi connectivity index (χ3n) is 5.16. The Morgan fingerprint density at radius 1 is 1.24 bits per heavy atom. The minimum absolute atomic E-state index is 0.0582. The summed E-state index contributed by atoms with van der Waals surface area (Å²) in [6.45, 7) is 7.90. The fraction of sp³-hybridized carbons (Fsp3) is 0.478. The van der Waals surface area contributed by atoms with Gasteiger partial charge in [-0.15, -0.1) is 0 Å². The maximum Gasteiger partial charge on any atom is 0.326 e. The van der Waals surface area contributed by atoms with Crippen molar-refractivity contribution in [3.05, 3.63) is 48.5 Å². The molecule has 2 heterocycles. The van der Waals surface area contributed by atoms with Crippen molar-refractivity contribution in [2.45, 2.75) is 58.5 Å². The Labute approximate surface area is 199 Å². The summed E-state index contributed by atoms with van der Waals surface area (Å²) >= 11 is 0. The number of nitrogens with zero attached hydrogens (tertiary/aromatic N) is 4. The highest BCUT2D eigenvalue weighted by Gasteiger charge is 2.37. The SMILES string of the molecule is CCCOC(=O)C(C)(C)NP(=O)(CO[C@H](C)Cn1cnc2c(N)ncnc21)Cc1ccccc1. The smallest absolute Gasteiger partial charge is 0.326 e. The van der Waals surface area contributed by atoms with Gasteiger partial charge in [0.1, 0.15) is 23.7 Å². The molecule has 2 atom stereocenters. The van der Waals surface area contributed by atoms with Gasteiger partial charge in [0, 0.05) is 6.16 Å². The molecule has 2 aromatic heterocycles. The van der Waals surface area contributed by atoms with Crippen LogP contribution in [0, 0.1) is 0 Å². The van der Waals surface area contributed by atoms with Crippen molar-refractivity contribution >= 4 is 30.2 Å². The van der Waals surface area contributed by atoms with Crippen LogP contribution in [0.15, 0.2) is 43.0 Å². The molecule has 184 valence electrons. The van der Waals surface area contributed by atoms with Crippen molar-refractivity contribution in [2.24, 2.45) is 0 Å². The van der Waals surface area contributed by atoms with Gasteiger partial charge in [0.05, 0.1) is 25.6 Å². The standard InChI is InChI=1S/C23H33N6O4P/c1-5-11-32-22(30)23(3,4)28-34(31,13-18-9-7-6-8-10-18)16-33-17(2)12-29-15-27-19-20(24)25-14-26-21(19)29/h6-10,14-15,17H,5,11-13,16H2,1-4H3,(H,28,31)(H2,24,25,26)/t17-,34?/m1/s1. The minimum Gasteiger partial charge on any atom is -0.464 e. The molecule has 0 radical (unpaired) electrons. The second kappa shape index (κ2) is 11.1. The lowest BCUT2D eigenvalue weighted by Crippen LogP contribution is -2.47. The number of fused-ring (bicyclic) bond motifs is 1. The number of benzene rings is 1. The minimum atomic E-state index is -3.19. The monoisotopic (exact) mass is 488 g/mol. The zero-order valence-electron chi connectivity index (χ0n) is 20.1. The van der Waals surface area contributed by atoms with Crippen molar-refractivity contribution in [3.8, 4) is 0 Å². The Morgan fingerprint density at radius 3 is 2.68 bits per heavy atom. The lowest BCUT2D eigenvalue weighted by Gasteiger charge is -2.31. The van der Waals surface area contributed by atoms with Crippen LogP contribution in [0.3, 0.4) is 0 Å². The van der Waals surface area contributed by atoms with Gasteiger partial charge in [0.15, 0.2) is 18.8 Å². The number of anilines is 1. The highest BCUT2D eigenvalue weighted by Crippen LogP contribution is 2.47. The Bertz CT molecular complexity index is 1150. The normalized spacial score (nSPS) is 14.6. The number of nitrogens with one attached hydrogen (secondary N) is 1. The van der Waals surface area contributed by atoms with E-state index >= 15 is 0 Å². The molecule has 11 heteroatoms. The van der Waals surface area contributed by atoms with E-state index < -0.39 is 18.8 Å². The first-order valence-electron chi connectivity index (χ1n) is 11.2. The van der Waals surface area contributed by atoms with Crippen LogP contribution in [-0.4, -0.2) is 50.1 Å². The highest BCUT2D eigenvalue weighted by molar-refractivity contribution is 7.61. The lowest BCUT2D eigenvalue weighted by molar-refractivity contribution is -0.149. The summed E-state index contributed by atoms with van der Waals surface area (Å²) < 4.78 is 27.2. The van der Waals surface area contributed by atoms with E-state index in [9.17, 15) is 9.36 Å². The first-order chi connectivity index (χ1) is 16.1. The van der Waals surface area contributed by atoms with E-state index in [2.05, 4.69) is 20.0 Å². The topological polar surface area (TPSA) is 134 Å². The molecule has 1 aromatic carbocycles. The molecule has 0 aliphatic carbocycles. The predicted octanol–water partition coefficient (Wildman–Crippen LogP) is 3.57. The van der Waals surface area contributed by atoms with Gasteiger partial charge in [-0.2, -0.15) is 0 Å². The van der Waals surface area contributed by atoms with E-state index in [1.54, 1.807) is 20.2 Å². The van der Waals surface area contributed by atoms with Gasteiger partial charge < -0.3 is 24.3 Å². The fourth-order valence-corrected chi connectivity index (χ4v) is 6.18. The molecule has 34 heavy (non-hydrogen) atoms. The summed E-state index contributed by atoms with van der Waals surface area (Å²) in [5, 5.41) is 3.08. The number of ether oxygens (including phenoxy) is 2. The number of imidazole rings is 1. The summed E-state index contributed by atoms with van der Waals surface area (Å²) in [6, 6.07) is 9.49. The zero-order valence-corrected chi connectivity index (χ0v) is 21.0. The maximum atomic E-state index is 14.0. The summed E-state index contributed by atoms with van der Waals surface area (Å²) in [7, 11) is -3.19. The van der Waals surface area contributed by atoms with E-state index in [1.165, 1.54) is 6.33 Å². The molecule has 3 aromatic rings. The third-order valence-corrected chi connectivity index (χ3v) is 7.57. The average Bonchev–Trinajstić information content (AvgIpc) is 3.20. The second-order valence-corrected chi connectivity index (χ2v) is 11.4. The number of rotatable bonds is 12. The van der Waals surface area contributed by atoms with E-state index in [4.69, 9.17) is 15.2 Å². The van der Waals surface area contributed by atoms with Gasteiger partial charge in [0.25, 0.3) is 0 Å². The molecule has 0 bridgehead atoms. The number of esters is 1. The summed E-state index contributed by atoms with van der Waals surface area (Å²) in [6.07, 6.45) is 3.60. The van der Waals surface area contributed by atoms with E-state index in [0.29, 0.717) is 36.6 Å². The molecule has 10 nitrogen and oxygen atoms in total. The summed E-state index contributed by atoms with van der Waals surface area (Å²) in [4.78, 5) is 25.0. The molecule has 0 saturated carbocycles. The Balaban J connectivity index is 1.73. The van der Waals surface area contributed by atoms with Gasteiger partial charge >= 0.3 is 5.97 Å². The van der Waals surface area contributed by atoms with Crippen molar-refractivity contribution < 1.29 is 18.8 Å². The predicted molar refractivity (Wildman–Crippen MR) is 131 cm³/mol. The molecular weight excluding hydrogens is 455 g/mol. The number of hydrogen-bond acceptors (Lipinski definition) is 8. The number of carbonyl (C=O) groups excluding carboxylic acids is 1. The van der Waals surface area contributed by atoms with Crippen LogP contribution in [0.2, 0.25) is 0 Å². The number of aromatic nitrogens is 4. The van der Waals surface area contributed by atoms with Gasteiger partial charge in [-0.05, 0) is 32.8 Å². The van der Waals surface area contributed by atoms with Gasteiger partial charge in [-0.1, -0.05) is 37.3 Å². The molecular formula is C23H33N6O4P. The molecule has 0 aliphatic rings. The summed E-state index contributed by atoms with van der Waals surface area (Å²) in [5.74, 6) is -0.135. The van der Waals surface area contributed by atoms with Crippen molar-refractivity contribution in [1.29, 1.82) is 0 Å². The average molecular weight is 489 g/mol. The largest absolute Gasteiger partial charge is 0.464 e. The van der Waals surface area contributed by atoms with E-state index in [-0.39, 0.29) is 18.6 Å². The molecule has 1 unspecified atom stereocenters. The fourth-order valence-electron chi connectivity index (χ4n) is 3.54. The van der Waals surface area contributed by atoms with Gasteiger partial charge in [-0.3, -0.25) is 4.79 Å². The first-order valence-corrected chi connectivity index (χ1v) is 13.3. The van der Waals surface area contributed by atoms with E-state index in [0.717, 1.165) is 5.56 Å². The Hall–Kier alpha value is -2.81. The zero-order chi connectivity index (χ0) is 24.8. The molecule has 0 spiro atoms. The van der Waals surface area contributed by atoms with Crippen molar-refractivity contribution in [2.75, 3.05) is 18.7 Å². The van der Waals surface area contributed by atoms with Crippen molar-refractivity contribution in [3.63, 3.8) is 0 Å². The van der Waals surface area contributed by atoms with Gasteiger partial charge in [0.2, 0.25) is 0 Å². The summed E-state index contributed by atoms with van der Waals surface area (Å²) in [5.41, 5.74) is 6.74. The number of nitrogens with two attached hydrogens (primary N) is 1. The quantitative estimate of drug-likeness (QED) is 0.290. The van der Waals surface area contributed by atoms with Crippen LogP contribution < -0.4 is 10.8 Å². The Kier molecular flexibility index (Phi) is 8.41. The van der Waals surface area contributed by atoms with Crippen LogP contribution in [0.5, 0.6) is 0 Å². The van der Waals surface area contributed by atoms with Crippen LogP contribution >= 0.6 is 7.29 Å². The number of nitrogen functional groups attached to an aromatic ring is 1. The number of carbonyl (C=O) groups is 1. The molecule has 3 N–H and O–H groups in total. The lowest BCUT2D eigenvalue weighted by atomic mass is 10.1. The molecule has 0 amide bonds. The van der Waals surface area contributed by atoms with Crippen molar-refractivity contribution in [1.82, 2.24) is 24.6 Å². The maximum absolute atomic E-state index is 14.0. The molecule has 0 fully saturated rings. The van der Waals surface area contributed by atoms with E-state index in [1.807, 2.05) is 48.7 Å². The molecule has 0 saturated heterocycles.